The molecule has 1 aliphatic heterocycles. The fourth-order valence-corrected chi connectivity index (χ4v) is 3.01. The van der Waals surface area contributed by atoms with E-state index in [1.807, 2.05) is 24.0 Å². The molecule has 1 atom stereocenters. The van der Waals surface area contributed by atoms with Crippen LogP contribution >= 0.6 is 0 Å². The van der Waals surface area contributed by atoms with Gasteiger partial charge in [-0.3, -0.25) is 4.79 Å². The Hall–Kier alpha value is -2.14. The first-order valence-corrected chi connectivity index (χ1v) is 7.38. The molecule has 1 unspecified atom stereocenters. The summed E-state index contributed by atoms with van der Waals surface area (Å²) < 4.78 is 1.68. The molecule has 0 saturated heterocycles. The van der Waals surface area contributed by atoms with Crippen LogP contribution in [0.3, 0.4) is 0 Å². The van der Waals surface area contributed by atoms with Gasteiger partial charge >= 0.3 is 0 Å². The highest BCUT2D eigenvalue weighted by Gasteiger charge is 2.30. The summed E-state index contributed by atoms with van der Waals surface area (Å²) >= 11 is 0. The fraction of sp³-hybridized carbons (Fsp3) is 0.375. The Bertz CT molecular complexity index is 695. The zero-order valence-corrected chi connectivity index (χ0v) is 12.2. The van der Waals surface area contributed by atoms with Crippen LogP contribution in [-0.4, -0.2) is 22.6 Å². The number of rotatable bonds is 4. The summed E-state index contributed by atoms with van der Waals surface area (Å²) in [5, 5.41) is 0. The maximum absolute atomic E-state index is 12.5. The number of benzene rings is 1. The Balaban J connectivity index is 2.07. The van der Waals surface area contributed by atoms with Gasteiger partial charge in [0.1, 0.15) is 0 Å². The van der Waals surface area contributed by atoms with Gasteiger partial charge in [-0.15, -0.1) is 0 Å². The van der Waals surface area contributed by atoms with E-state index in [1.54, 1.807) is 17.0 Å². The lowest BCUT2D eigenvalue weighted by molar-refractivity contribution is 0.660. The number of nitrogens with zero attached hydrogens (tertiary/aromatic N) is 3. The Labute approximate surface area is 124 Å². The third kappa shape index (κ3) is 2.34. The van der Waals surface area contributed by atoms with E-state index in [1.165, 1.54) is 5.56 Å². The highest BCUT2D eigenvalue weighted by Crippen LogP contribution is 2.40. The summed E-state index contributed by atoms with van der Waals surface area (Å²) in [6.45, 7) is 4.02. The lowest BCUT2D eigenvalue weighted by Crippen LogP contribution is -2.29. The first-order chi connectivity index (χ1) is 10.3. The molecule has 0 fully saturated rings. The van der Waals surface area contributed by atoms with E-state index in [-0.39, 0.29) is 5.56 Å². The molecule has 0 bridgehead atoms. The Morgan fingerprint density at radius 1 is 1.38 bits per heavy atom. The lowest BCUT2D eigenvalue weighted by Gasteiger charge is -2.18. The molecule has 3 rings (SSSR count). The predicted molar refractivity (Wildman–Crippen MR) is 84.0 cm³/mol. The molecule has 2 heterocycles. The minimum absolute atomic E-state index is 0.0387. The van der Waals surface area contributed by atoms with Crippen LogP contribution in [0.25, 0.3) is 0 Å². The van der Waals surface area contributed by atoms with E-state index >= 15 is 0 Å². The molecule has 0 spiro atoms. The molecule has 2 N–H and O–H groups in total. The van der Waals surface area contributed by atoms with Gasteiger partial charge in [0.2, 0.25) is 0 Å². The van der Waals surface area contributed by atoms with E-state index in [0.717, 1.165) is 18.7 Å². The van der Waals surface area contributed by atoms with E-state index < -0.39 is 0 Å². The smallest absolute Gasteiger partial charge is 0.293 e. The summed E-state index contributed by atoms with van der Waals surface area (Å²) in [4.78, 5) is 18.9. The van der Waals surface area contributed by atoms with Crippen LogP contribution in [0.2, 0.25) is 0 Å². The molecule has 0 aliphatic carbocycles. The van der Waals surface area contributed by atoms with Crippen molar-refractivity contribution in [3.63, 3.8) is 0 Å². The number of hydrogen-bond acceptors (Lipinski definition) is 4. The van der Waals surface area contributed by atoms with Gasteiger partial charge in [-0.05, 0) is 31.5 Å². The van der Waals surface area contributed by atoms with Gasteiger partial charge in [0.05, 0.1) is 0 Å². The highest BCUT2D eigenvalue weighted by atomic mass is 16.1. The number of hydrogen-bond donors (Lipinski definition) is 1. The van der Waals surface area contributed by atoms with Crippen LogP contribution < -0.4 is 16.2 Å². The van der Waals surface area contributed by atoms with Crippen LogP contribution in [0.4, 0.5) is 11.5 Å². The average molecular weight is 284 g/mol. The first-order valence-electron chi connectivity index (χ1n) is 7.38. The van der Waals surface area contributed by atoms with Crippen molar-refractivity contribution in [2.24, 2.45) is 5.73 Å². The van der Waals surface area contributed by atoms with Gasteiger partial charge in [-0.1, -0.05) is 18.2 Å². The highest BCUT2D eigenvalue weighted by molar-refractivity contribution is 5.68. The third-order valence-electron chi connectivity index (χ3n) is 4.08. The molecule has 110 valence electrons. The SMILES string of the molecule is CCn1ccnc(N2CC(CCN)c3ccccc32)c1=O. The standard InChI is InChI=1S/C16H20N4O/c1-2-19-10-9-18-15(16(19)21)20-11-12(7-8-17)13-5-3-4-6-14(13)20/h3-6,9-10,12H,2,7-8,11,17H2,1H3. The van der Waals surface area contributed by atoms with Crippen molar-refractivity contribution < 1.29 is 0 Å². The lowest BCUT2D eigenvalue weighted by atomic mass is 9.98. The minimum Gasteiger partial charge on any atom is -0.330 e. The fourth-order valence-electron chi connectivity index (χ4n) is 3.01. The molecular formula is C16H20N4O. The maximum Gasteiger partial charge on any atom is 0.293 e. The maximum atomic E-state index is 12.5. The number of para-hydroxylation sites is 1. The second kappa shape index (κ2) is 5.69. The molecule has 1 aliphatic rings. The van der Waals surface area contributed by atoms with Crippen molar-refractivity contribution in [3.8, 4) is 0 Å². The molecule has 0 radical (unpaired) electrons. The van der Waals surface area contributed by atoms with Crippen LogP contribution in [0.1, 0.15) is 24.8 Å². The minimum atomic E-state index is -0.0387. The van der Waals surface area contributed by atoms with E-state index in [2.05, 4.69) is 17.1 Å². The first kappa shape index (κ1) is 13.8. The van der Waals surface area contributed by atoms with E-state index in [9.17, 15) is 4.79 Å². The van der Waals surface area contributed by atoms with Gasteiger partial charge in [-0.25, -0.2) is 4.98 Å². The van der Waals surface area contributed by atoms with Crippen LogP contribution in [0.15, 0.2) is 41.5 Å². The van der Waals surface area contributed by atoms with E-state index in [4.69, 9.17) is 5.73 Å². The van der Waals surface area contributed by atoms with Crippen LogP contribution in [0.5, 0.6) is 0 Å². The summed E-state index contributed by atoms with van der Waals surface area (Å²) in [6, 6.07) is 8.21. The number of fused-ring (bicyclic) bond motifs is 1. The molecule has 21 heavy (non-hydrogen) atoms. The van der Waals surface area contributed by atoms with Crippen LogP contribution in [-0.2, 0) is 6.54 Å². The number of aromatic nitrogens is 2. The van der Waals surface area contributed by atoms with Crippen molar-refractivity contribution in [2.45, 2.75) is 25.8 Å². The average Bonchev–Trinajstić information content (AvgIpc) is 2.87. The summed E-state index contributed by atoms with van der Waals surface area (Å²) in [7, 11) is 0. The molecule has 0 saturated carbocycles. The monoisotopic (exact) mass is 284 g/mol. The van der Waals surface area contributed by atoms with Gasteiger partial charge < -0.3 is 15.2 Å². The van der Waals surface area contributed by atoms with E-state index in [0.29, 0.717) is 24.8 Å². The zero-order valence-electron chi connectivity index (χ0n) is 12.2. The third-order valence-corrected chi connectivity index (χ3v) is 4.08. The summed E-state index contributed by atoms with van der Waals surface area (Å²) in [5.41, 5.74) is 8.02. The van der Waals surface area contributed by atoms with Crippen molar-refractivity contribution in [3.05, 3.63) is 52.6 Å². The summed E-state index contributed by atoms with van der Waals surface area (Å²) in [6.07, 6.45) is 4.34. The Morgan fingerprint density at radius 3 is 2.95 bits per heavy atom. The normalized spacial score (nSPS) is 17.0. The molecule has 5 nitrogen and oxygen atoms in total. The van der Waals surface area contributed by atoms with Gasteiger partial charge in [-0.2, -0.15) is 0 Å². The topological polar surface area (TPSA) is 64.2 Å². The van der Waals surface area contributed by atoms with Crippen LogP contribution in [0, 0.1) is 0 Å². The predicted octanol–water partition coefficient (Wildman–Crippen LogP) is 1.85. The van der Waals surface area contributed by atoms with Crippen molar-refractivity contribution in [2.75, 3.05) is 18.0 Å². The molecule has 1 aromatic heterocycles. The van der Waals surface area contributed by atoms with Crippen molar-refractivity contribution in [1.29, 1.82) is 0 Å². The molecule has 5 heteroatoms. The number of nitrogens with two attached hydrogens (primary N) is 1. The largest absolute Gasteiger partial charge is 0.330 e. The molecular weight excluding hydrogens is 264 g/mol. The van der Waals surface area contributed by atoms with Gasteiger partial charge in [0.25, 0.3) is 5.56 Å². The Kier molecular flexibility index (Phi) is 3.75. The molecule has 1 aromatic carbocycles. The molecule has 2 aromatic rings. The number of aryl methyl sites for hydroxylation is 1. The Morgan fingerprint density at radius 2 is 2.19 bits per heavy atom. The zero-order chi connectivity index (χ0) is 14.8. The number of anilines is 2. The second-order valence-electron chi connectivity index (χ2n) is 5.29. The van der Waals surface area contributed by atoms with Crippen molar-refractivity contribution >= 4 is 11.5 Å². The van der Waals surface area contributed by atoms with Crippen molar-refractivity contribution in [1.82, 2.24) is 9.55 Å². The van der Waals surface area contributed by atoms with Gasteiger partial charge in [0, 0.05) is 37.1 Å². The second-order valence-corrected chi connectivity index (χ2v) is 5.29. The molecule has 0 amide bonds. The van der Waals surface area contributed by atoms with Gasteiger partial charge in [0.15, 0.2) is 5.82 Å². The quantitative estimate of drug-likeness (QED) is 0.930. The summed E-state index contributed by atoms with van der Waals surface area (Å²) in [5.74, 6) is 0.869.